The number of carbonyl (C=O) groups excluding carboxylic acids is 1. The number of rotatable bonds is 6. The number of hydrogen-bond donors (Lipinski definition) is 2. The predicted molar refractivity (Wildman–Crippen MR) is 123 cm³/mol. The first-order valence-corrected chi connectivity index (χ1v) is 10.5. The van der Waals surface area contributed by atoms with Crippen molar-refractivity contribution in [2.24, 2.45) is 0 Å². The van der Waals surface area contributed by atoms with Crippen LogP contribution in [-0.2, 0) is 11.3 Å². The molecule has 0 atom stereocenters. The Morgan fingerprint density at radius 2 is 1.81 bits per heavy atom. The molecular weight excluding hydrogens is 430 g/mol. The maximum absolute atomic E-state index is 13.3. The van der Waals surface area contributed by atoms with Gasteiger partial charge in [0.05, 0.1) is 18.1 Å². The van der Waals surface area contributed by atoms with Gasteiger partial charge in [0.2, 0.25) is 5.91 Å². The molecule has 4 aromatic rings. The first kappa shape index (κ1) is 21.3. The van der Waals surface area contributed by atoms with Gasteiger partial charge in [0, 0.05) is 16.6 Å². The number of aryl methyl sites for hydroxylation is 1. The predicted octanol–water partition coefficient (Wildman–Crippen LogP) is 3.78. The van der Waals surface area contributed by atoms with Crippen LogP contribution in [0.15, 0.2) is 58.7 Å². The first-order valence-electron chi connectivity index (χ1n) is 9.63. The molecule has 0 bridgehead atoms. The zero-order valence-electron chi connectivity index (χ0n) is 17.3. The first-order chi connectivity index (χ1) is 15.4. The fourth-order valence-corrected chi connectivity index (χ4v) is 4.17. The third kappa shape index (κ3) is 4.10. The molecule has 9 heteroatoms. The molecule has 0 aliphatic carbocycles. The van der Waals surface area contributed by atoms with Crippen LogP contribution in [0.5, 0.6) is 5.75 Å². The van der Waals surface area contributed by atoms with Gasteiger partial charge < -0.3 is 15.2 Å². The van der Waals surface area contributed by atoms with Crippen molar-refractivity contribution in [3.8, 4) is 17.1 Å². The number of carboxylic acids is 1. The van der Waals surface area contributed by atoms with Crippen LogP contribution in [0.4, 0.5) is 5.69 Å². The zero-order valence-corrected chi connectivity index (χ0v) is 18.1. The molecule has 0 saturated heterocycles. The van der Waals surface area contributed by atoms with Crippen molar-refractivity contribution in [3.05, 3.63) is 75.4 Å². The maximum atomic E-state index is 13.3. The van der Waals surface area contributed by atoms with E-state index in [4.69, 9.17) is 4.74 Å². The fraction of sp³-hybridized carbons (Fsp3) is 0.130. The summed E-state index contributed by atoms with van der Waals surface area (Å²) >= 11 is 1.08. The van der Waals surface area contributed by atoms with E-state index in [0.29, 0.717) is 27.7 Å². The monoisotopic (exact) mass is 449 g/mol. The van der Waals surface area contributed by atoms with Crippen LogP contribution in [0.25, 0.3) is 21.6 Å². The number of nitrogens with zero attached hydrogens (tertiary/aromatic N) is 2. The second-order valence-corrected chi connectivity index (χ2v) is 7.96. The minimum atomic E-state index is -1.22. The third-order valence-electron chi connectivity index (χ3n) is 4.91. The number of ether oxygens (including phenoxy) is 1. The second kappa shape index (κ2) is 8.64. The molecular formula is C23H19N3O5S. The van der Waals surface area contributed by atoms with Crippen molar-refractivity contribution in [2.45, 2.75) is 13.5 Å². The summed E-state index contributed by atoms with van der Waals surface area (Å²) in [4.78, 5) is 42.5. The summed E-state index contributed by atoms with van der Waals surface area (Å²) in [6.45, 7) is 1.61. The van der Waals surface area contributed by atoms with E-state index in [0.717, 1.165) is 16.9 Å². The molecule has 2 aromatic carbocycles. The number of hydrogen-bond acceptors (Lipinski definition) is 6. The summed E-state index contributed by atoms with van der Waals surface area (Å²) in [6, 6.07) is 14.2. The van der Waals surface area contributed by atoms with E-state index in [1.807, 2.05) is 31.2 Å². The van der Waals surface area contributed by atoms with Crippen molar-refractivity contribution in [1.29, 1.82) is 0 Å². The minimum absolute atomic E-state index is 0.00407. The van der Waals surface area contributed by atoms with Gasteiger partial charge in [-0.05, 0) is 31.2 Å². The topological polar surface area (TPSA) is 111 Å². The van der Waals surface area contributed by atoms with E-state index < -0.39 is 17.4 Å². The normalized spacial score (nSPS) is 10.8. The number of nitrogens with one attached hydrogen (secondary N) is 1. The molecule has 2 N–H and O–H groups in total. The number of carbonyl (C=O) groups is 2. The molecule has 2 aromatic heterocycles. The summed E-state index contributed by atoms with van der Waals surface area (Å²) in [5.41, 5.74) is 1.52. The standard InChI is InChI=1S/C23H19N3O5S/c1-13-3-5-14(6-4-13)20-25-21-19(17(12-32-21)23(29)30)22(28)26(20)11-18(27)24-15-7-9-16(31-2)10-8-15/h3-10,12H,11H2,1-2H3,(H,24,27)(H,29,30). The van der Waals surface area contributed by atoms with E-state index in [2.05, 4.69) is 10.3 Å². The molecule has 0 aliphatic rings. The number of benzene rings is 2. The quantitative estimate of drug-likeness (QED) is 0.464. The summed E-state index contributed by atoms with van der Waals surface area (Å²) < 4.78 is 6.32. The van der Waals surface area contributed by atoms with Gasteiger partial charge >= 0.3 is 5.97 Å². The Balaban J connectivity index is 1.78. The van der Waals surface area contributed by atoms with Crippen LogP contribution in [0.2, 0.25) is 0 Å². The molecule has 0 radical (unpaired) electrons. The van der Waals surface area contributed by atoms with Gasteiger partial charge in [-0.1, -0.05) is 29.8 Å². The number of fused-ring (bicyclic) bond motifs is 1. The second-order valence-electron chi connectivity index (χ2n) is 7.10. The van der Waals surface area contributed by atoms with Gasteiger partial charge in [0.1, 0.15) is 22.9 Å². The number of thiophene rings is 1. The van der Waals surface area contributed by atoms with Gasteiger partial charge in [-0.2, -0.15) is 0 Å². The lowest BCUT2D eigenvalue weighted by molar-refractivity contribution is -0.116. The van der Waals surface area contributed by atoms with Crippen LogP contribution < -0.4 is 15.6 Å². The van der Waals surface area contributed by atoms with Crippen LogP contribution >= 0.6 is 11.3 Å². The van der Waals surface area contributed by atoms with E-state index in [1.54, 1.807) is 31.4 Å². The third-order valence-corrected chi connectivity index (χ3v) is 5.78. The highest BCUT2D eigenvalue weighted by Gasteiger charge is 2.21. The molecule has 162 valence electrons. The zero-order chi connectivity index (χ0) is 22.8. The number of anilines is 1. The summed E-state index contributed by atoms with van der Waals surface area (Å²) in [7, 11) is 1.55. The lowest BCUT2D eigenvalue weighted by Crippen LogP contribution is -2.30. The van der Waals surface area contributed by atoms with Gasteiger partial charge in [0.15, 0.2) is 0 Å². The van der Waals surface area contributed by atoms with Crippen LogP contribution in [0.1, 0.15) is 15.9 Å². The van der Waals surface area contributed by atoms with Gasteiger partial charge in [-0.15, -0.1) is 11.3 Å². The van der Waals surface area contributed by atoms with Crippen molar-refractivity contribution in [1.82, 2.24) is 9.55 Å². The Labute approximate surface area is 186 Å². The number of carboxylic acid groups (broad SMARTS) is 1. The molecule has 4 rings (SSSR count). The van der Waals surface area contributed by atoms with Crippen molar-refractivity contribution in [2.75, 3.05) is 12.4 Å². The lowest BCUT2D eigenvalue weighted by atomic mass is 10.1. The van der Waals surface area contributed by atoms with E-state index in [9.17, 15) is 19.5 Å². The highest BCUT2D eigenvalue weighted by molar-refractivity contribution is 7.17. The van der Waals surface area contributed by atoms with Gasteiger partial charge in [-0.3, -0.25) is 14.2 Å². The molecule has 8 nitrogen and oxygen atoms in total. The molecule has 0 fully saturated rings. The molecule has 1 amide bonds. The Bertz CT molecular complexity index is 1370. The lowest BCUT2D eigenvalue weighted by Gasteiger charge is -2.13. The summed E-state index contributed by atoms with van der Waals surface area (Å²) in [5, 5.41) is 13.6. The fourth-order valence-electron chi connectivity index (χ4n) is 3.27. The van der Waals surface area contributed by atoms with Crippen LogP contribution in [0.3, 0.4) is 0 Å². The maximum Gasteiger partial charge on any atom is 0.337 e. The molecule has 0 aliphatic heterocycles. The van der Waals surface area contributed by atoms with Gasteiger partial charge in [-0.25, -0.2) is 9.78 Å². The van der Waals surface area contributed by atoms with E-state index in [-0.39, 0.29) is 17.5 Å². The number of amides is 1. The Kier molecular flexibility index (Phi) is 5.74. The number of aromatic nitrogens is 2. The highest BCUT2D eigenvalue weighted by atomic mass is 32.1. The smallest absolute Gasteiger partial charge is 0.337 e. The molecule has 32 heavy (non-hydrogen) atoms. The van der Waals surface area contributed by atoms with Crippen molar-refractivity contribution >= 4 is 39.1 Å². The Morgan fingerprint density at radius 1 is 1.12 bits per heavy atom. The van der Waals surface area contributed by atoms with E-state index in [1.165, 1.54) is 9.95 Å². The van der Waals surface area contributed by atoms with E-state index >= 15 is 0 Å². The summed E-state index contributed by atoms with van der Waals surface area (Å²) in [6.07, 6.45) is 0. The highest BCUT2D eigenvalue weighted by Crippen LogP contribution is 2.26. The minimum Gasteiger partial charge on any atom is -0.497 e. The van der Waals surface area contributed by atoms with Crippen LogP contribution in [-0.4, -0.2) is 33.6 Å². The summed E-state index contributed by atoms with van der Waals surface area (Å²) in [5.74, 6) is -0.716. The van der Waals surface area contributed by atoms with Crippen LogP contribution in [0, 0.1) is 6.92 Å². The van der Waals surface area contributed by atoms with Gasteiger partial charge in [0.25, 0.3) is 5.56 Å². The number of methoxy groups -OCH3 is 1. The largest absolute Gasteiger partial charge is 0.497 e. The molecule has 2 heterocycles. The Morgan fingerprint density at radius 3 is 2.44 bits per heavy atom. The number of aromatic carboxylic acids is 1. The molecule has 0 saturated carbocycles. The van der Waals surface area contributed by atoms with Crippen molar-refractivity contribution < 1.29 is 19.4 Å². The average molecular weight is 449 g/mol. The molecule has 0 unspecified atom stereocenters. The Hall–Kier alpha value is -3.98. The van der Waals surface area contributed by atoms with Crippen molar-refractivity contribution in [3.63, 3.8) is 0 Å². The molecule has 0 spiro atoms. The SMILES string of the molecule is COc1ccc(NC(=O)Cn2c(-c3ccc(C)cc3)nc3scc(C(=O)O)c3c2=O)cc1. The average Bonchev–Trinajstić information content (AvgIpc) is 3.21.